The third-order valence-corrected chi connectivity index (χ3v) is 2.93. The van der Waals surface area contributed by atoms with Crippen LogP contribution in [0.25, 0.3) is 0 Å². The molecule has 0 saturated carbocycles. The second-order valence-corrected chi connectivity index (χ2v) is 4.21. The van der Waals surface area contributed by atoms with Gasteiger partial charge in [-0.2, -0.15) is 5.26 Å². The Morgan fingerprint density at radius 3 is 2.07 bits per heavy atom. The third kappa shape index (κ3) is 5.07. The molecule has 78 valence electrons. The molecule has 0 aromatic rings. The van der Waals surface area contributed by atoms with Crippen LogP contribution < -0.4 is 0 Å². The molecular formula is C13H21N. The second-order valence-electron chi connectivity index (χ2n) is 4.21. The Hall–Kier alpha value is -0.770. The first kappa shape index (κ1) is 11.3. The Balaban J connectivity index is 2.34. The Labute approximate surface area is 87.8 Å². The molecule has 1 nitrogen and oxygen atoms in total. The number of rotatable bonds is 0. The Kier molecular flexibility index (Phi) is 6.15. The van der Waals surface area contributed by atoms with Gasteiger partial charge in [0.15, 0.2) is 0 Å². The van der Waals surface area contributed by atoms with Gasteiger partial charge in [0.1, 0.15) is 0 Å². The number of nitrogens with zero attached hydrogens (tertiary/aromatic N) is 1. The van der Waals surface area contributed by atoms with E-state index in [1.54, 1.807) is 0 Å². The molecule has 0 aromatic carbocycles. The molecule has 0 unspecified atom stereocenters. The van der Waals surface area contributed by atoms with Crippen LogP contribution in [-0.2, 0) is 0 Å². The van der Waals surface area contributed by atoms with E-state index >= 15 is 0 Å². The quantitative estimate of drug-likeness (QED) is 0.558. The molecule has 1 heteroatoms. The predicted molar refractivity (Wildman–Crippen MR) is 59.9 cm³/mol. The van der Waals surface area contributed by atoms with E-state index in [4.69, 9.17) is 5.26 Å². The first-order valence-electron chi connectivity index (χ1n) is 6.02. The van der Waals surface area contributed by atoms with Crippen molar-refractivity contribution in [2.75, 3.05) is 0 Å². The summed E-state index contributed by atoms with van der Waals surface area (Å²) in [5.74, 6) is 0. The van der Waals surface area contributed by atoms with Crippen LogP contribution in [0.2, 0.25) is 0 Å². The van der Waals surface area contributed by atoms with E-state index in [2.05, 4.69) is 12.1 Å². The van der Waals surface area contributed by atoms with Crippen molar-refractivity contribution in [2.24, 2.45) is 0 Å². The van der Waals surface area contributed by atoms with Crippen molar-refractivity contribution in [2.45, 2.75) is 64.2 Å². The minimum Gasteiger partial charge on any atom is -0.193 e. The van der Waals surface area contributed by atoms with E-state index in [0.29, 0.717) is 0 Å². The second kappa shape index (κ2) is 7.62. The van der Waals surface area contributed by atoms with Crippen molar-refractivity contribution in [3.8, 4) is 6.07 Å². The van der Waals surface area contributed by atoms with Crippen LogP contribution in [0.1, 0.15) is 64.2 Å². The molecule has 0 N–H and O–H groups in total. The molecule has 0 aliphatic heterocycles. The molecular weight excluding hydrogens is 170 g/mol. The lowest BCUT2D eigenvalue weighted by molar-refractivity contribution is 0.564. The van der Waals surface area contributed by atoms with Gasteiger partial charge in [-0.1, -0.05) is 44.6 Å². The summed E-state index contributed by atoms with van der Waals surface area (Å²) in [4.78, 5) is 0. The topological polar surface area (TPSA) is 23.8 Å². The summed E-state index contributed by atoms with van der Waals surface area (Å²) in [7, 11) is 0. The summed E-state index contributed by atoms with van der Waals surface area (Å²) in [5.41, 5.74) is 1.02. The fraction of sp³-hybridized carbons (Fsp3) is 0.769. The molecule has 1 aliphatic rings. The standard InChI is InChI=1S/C13H21N/c14-12-13-10-8-6-4-2-1-3-5-7-9-11-13/h10H,1-9,11H2/b13-10+. The first-order valence-corrected chi connectivity index (χ1v) is 6.02. The lowest BCUT2D eigenvalue weighted by Gasteiger charge is -2.04. The summed E-state index contributed by atoms with van der Waals surface area (Å²) < 4.78 is 0. The van der Waals surface area contributed by atoms with Gasteiger partial charge in [-0.25, -0.2) is 0 Å². The van der Waals surface area contributed by atoms with E-state index in [9.17, 15) is 0 Å². The van der Waals surface area contributed by atoms with Gasteiger partial charge in [0.2, 0.25) is 0 Å². The van der Waals surface area contributed by atoms with Crippen molar-refractivity contribution in [1.82, 2.24) is 0 Å². The number of nitriles is 1. The summed E-state index contributed by atoms with van der Waals surface area (Å²) >= 11 is 0. The van der Waals surface area contributed by atoms with E-state index in [0.717, 1.165) is 18.4 Å². The predicted octanol–water partition coefficient (Wildman–Crippen LogP) is 4.35. The number of allylic oxidation sites excluding steroid dienone is 2. The van der Waals surface area contributed by atoms with Crippen molar-refractivity contribution >= 4 is 0 Å². The van der Waals surface area contributed by atoms with Gasteiger partial charge in [-0.15, -0.1) is 0 Å². The zero-order valence-corrected chi connectivity index (χ0v) is 9.10. The Morgan fingerprint density at radius 2 is 1.43 bits per heavy atom. The fourth-order valence-electron chi connectivity index (χ4n) is 2.00. The highest BCUT2D eigenvalue weighted by Crippen LogP contribution is 2.16. The van der Waals surface area contributed by atoms with Gasteiger partial charge in [0.25, 0.3) is 0 Å². The average Bonchev–Trinajstić information content (AvgIpc) is 2.19. The summed E-state index contributed by atoms with van der Waals surface area (Å²) in [6.07, 6.45) is 15.0. The van der Waals surface area contributed by atoms with Crippen LogP contribution in [0, 0.1) is 11.3 Å². The van der Waals surface area contributed by atoms with Gasteiger partial charge in [0, 0.05) is 5.57 Å². The van der Waals surface area contributed by atoms with Crippen LogP contribution in [-0.4, -0.2) is 0 Å². The average molecular weight is 191 g/mol. The molecule has 0 heterocycles. The van der Waals surface area contributed by atoms with Crippen molar-refractivity contribution in [3.63, 3.8) is 0 Å². The van der Waals surface area contributed by atoms with E-state index in [-0.39, 0.29) is 0 Å². The molecule has 0 aromatic heterocycles. The zero-order chi connectivity index (χ0) is 10.1. The minimum absolute atomic E-state index is 1.01. The van der Waals surface area contributed by atoms with E-state index in [1.165, 1.54) is 51.4 Å². The van der Waals surface area contributed by atoms with Crippen molar-refractivity contribution < 1.29 is 0 Å². The van der Waals surface area contributed by atoms with Crippen LogP contribution in [0.3, 0.4) is 0 Å². The van der Waals surface area contributed by atoms with Gasteiger partial charge in [-0.05, 0) is 25.7 Å². The molecule has 0 bridgehead atoms. The Bertz CT molecular complexity index is 210. The molecule has 0 fully saturated rings. The maximum absolute atomic E-state index is 8.88. The van der Waals surface area contributed by atoms with Crippen molar-refractivity contribution in [1.29, 1.82) is 5.26 Å². The highest BCUT2D eigenvalue weighted by molar-refractivity contribution is 5.20. The molecule has 14 heavy (non-hydrogen) atoms. The Morgan fingerprint density at radius 1 is 0.857 bits per heavy atom. The number of hydrogen-bond acceptors (Lipinski definition) is 1. The summed E-state index contributed by atoms with van der Waals surface area (Å²) in [6.45, 7) is 0. The molecule has 0 amide bonds. The van der Waals surface area contributed by atoms with Gasteiger partial charge < -0.3 is 0 Å². The highest BCUT2D eigenvalue weighted by atomic mass is 14.2. The highest BCUT2D eigenvalue weighted by Gasteiger charge is 1.98. The molecule has 0 atom stereocenters. The largest absolute Gasteiger partial charge is 0.193 e. The van der Waals surface area contributed by atoms with Gasteiger partial charge >= 0.3 is 0 Å². The minimum atomic E-state index is 1.01. The van der Waals surface area contributed by atoms with Gasteiger partial charge in [-0.3, -0.25) is 0 Å². The monoisotopic (exact) mass is 191 g/mol. The number of hydrogen-bond donors (Lipinski definition) is 0. The molecule has 0 radical (unpaired) electrons. The van der Waals surface area contributed by atoms with Crippen LogP contribution in [0.5, 0.6) is 0 Å². The lowest BCUT2D eigenvalue weighted by atomic mass is 10.0. The van der Waals surface area contributed by atoms with E-state index < -0.39 is 0 Å². The van der Waals surface area contributed by atoms with Crippen LogP contribution >= 0.6 is 0 Å². The van der Waals surface area contributed by atoms with E-state index in [1.807, 2.05) is 0 Å². The molecule has 1 rings (SSSR count). The van der Waals surface area contributed by atoms with Crippen LogP contribution in [0.15, 0.2) is 11.6 Å². The molecule has 1 aliphatic carbocycles. The maximum Gasteiger partial charge on any atom is 0.0943 e. The van der Waals surface area contributed by atoms with Gasteiger partial charge in [0.05, 0.1) is 6.07 Å². The third-order valence-electron chi connectivity index (χ3n) is 2.93. The normalized spacial score (nSPS) is 24.9. The first-order chi connectivity index (χ1) is 6.93. The zero-order valence-electron chi connectivity index (χ0n) is 9.10. The fourth-order valence-corrected chi connectivity index (χ4v) is 2.00. The molecule has 0 spiro atoms. The SMILES string of the molecule is N#C/C1=C/CCCCCCCCCC1. The lowest BCUT2D eigenvalue weighted by Crippen LogP contribution is -1.86. The van der Waals surface area contributed by atoms with Crippen LogP contribution in [0.4, 0.5) is 0 Å². The van der Waals surface area contributed by atoms with Crippen molar-refractivity contribution in [3.05, 3.63) is 11.6 Å². The molecule has 0 saturated heterocycles. The maximum atomic E-state index is 8.88. The smallest absolute Gasteiger partial charge is 0.0943 e. The summed E-state index contributed by atoms with van der Waals surface area (Å²) in [5, 5.41) is 8.88. The summed E-state index contributed by atoms with van der Waals surface area (Å²) in [6, 6.07) is 2.32.